The van der Waals surface area contributed by atoms with Crippen LogP contribution < -0.4 is 4.74 Å². The van der Waals surface area contributed by atoms with Gasteiger partial charge in [0.2, 0.25) is 0 Å². The second kappa shape index (κ2) is 6.91. The molecule has 3 nitrogen and oxygen atoms in total. The molecule has 5 heteroatoms. The third-order valence-electron chi connectivity index (χ3n) is 2.84. The molecular formula is C16H12Br2O3. The number of methoxy groups -OCH3 is 1. The molecule has 108 valence electrons. The second-order valence-corrected chi connectivity index (χ2v) is 5.94. The molecule has 0 amide bonds. The normalized spacial score (nSPS) is 10.8. The number of benzene rings is 2. The smallest absolute Gasteiger partial charge is 0.186 e. The summed E-state index contributed by atoms with van der Waals surface area (Å²) >= 11 is 6.60. The Balaban J connectivity index is 2.28. The van der Waals surface area contributed by atoms with Gasteiger partial charge in [0.1, 0.15) is 0 Å². The van der Waals surface area contributed by atoms with Crippen molar-refractivity contribution in [1.82, 2.24) is 0 Å². The Labute approximate surface area is 139 Å². The van der Waals surface area contributed by atoms with E-state index in [0.29, 0.717) is 15.8 Å². The molecule has 21 heavy (non-hydrogen) atoms. The lowest BCUT2D eigenvalue weighted by atomic mass is 10.1. The molecule has 2 rings (SSSR count). The summed E-state index contributed by atoms with van der Waals surface area (Å²) in [5.41, 5.74) is 1.34. The van der Waals surface area contributed by atoms with Gasteiger partial charge in [-0.3, -0.25) is 4.79 Å². The van der Waals surface area contributed by atoms with Gasteiger partial charge in [-0.15, -0.1) is 0 Å². The predicted molar refractivity (Wildman–Crippen MR) is 89.9 cm³/mol. The minimum absolute atomic E-state index is 0.0341. The minimum Gasteiger partial charge on any atom is -0.503 e. The zero-order valence-electron chi connectivity index (χ0n) is 11.1. The predicted octanol–water partition coefficient (Wildman–Crippen LogP) is 4.82. The highest BCUT2D eigenvalue weighted by Gasteiger charge is 2.08. The summed E-state index contributed by atoms with van der Waals surface area (Å²) in [5, 5.41) is 9.74. The number of rotatable bonds is 4. The number of phenols is 1. The number of halogens is 2. The molecule has 0 spiro atoms. The molecule has 0 saturated carbocycles. The van der Waals surface area contributed by atoms with E-state index in [-0.39, 0.29) is 11.5 Å². The van der Waals surface area contributed by atoms with E-state index in [2.05, 4.69) is 31.9 Å². The highest BCUT2D eigenvalue weighted by atomic mass is 79.9. The molecule has 0 atom stereocenters. The summed E-state index contributed by atoms with van der Waals surface area (Å²) < 4.78 is 6.33. The molecule has 2 aromatic carbocycles. The van der Waals surface area contributed by atoms with Crippen molar-refractivity contribution in [1.29, 1.82) is 0 Å². The zero-order chi connectivity index (χ0) is 15.4. The van der Waals surface area contributed by atoms with Gasteiger partial charge in [-0.1, -0.05) is 34.1 Å². The Morgan fingerprint density at radius 1 is 1.19 bits per heavy atom. The molecule has 0 fully saturated rings. The summed E-state index contributed by atoms with van der Waals surface area (Å²) in [5.74, 6) is 0.273. The van der Waals surface area contributed by atoms with Gasteiger partial charge in [0, 0.05) is 10.0 Å². The van der Waals surface area contributed by atoms with Crippen molar-refractivity contribution >= 4 is 43.7 Å². The van der Waals surface area contributed by atoms with Crippen LogP contribution in [-0.4, -0.2) is 18.0 Å². The Kier molecular flexibility index (Phi) is 5.20. The summed E-state index contributed by atoms with van der Waals surface area (Å²) in [6, 6.07) is 10.6. The first-order chi connectivity index (χ1) is 10.0. The van der Waals surface area contributed by atoms with Gasteiger partial charge in [-0.2, -0.15) is 0 Å². The van der Waals surface area contributed by atoms with Gasteiger partial charge in [-0.25, -0.2) is 0 Å². The second-order valence-electron chi connectivity index (χ2n) is 4.23. The van der Waals surface area contributed by atoms with Crippen molar-refractivity contribution < 1.29 is 14.6 Å². The number of phenolic OH excluding ortho intramolecular Hbond substituents is 1. The molecule has 0 aliphatic carbocycles. The molecule has 2 aromatic rings. The fraction of sp³-hybridized carbons (Fsp3) is 0.0625. The van der Waals surface area contributed by atoms with E-state index in [1.165, 1.54) is 13.2 Å². The molecule has 0 radical (unpaired) electrons. The first kappa shape index (κ1) is 15.8. The van der Waals surface area contributed by atoms with Crippen molar-refractivity contribution in [3.8, 4) is 11.5 Å². The van der Waals surface area contributed by atoms with Crippen molar-refractivity contribution in [3.63, 3.8) is 0 Å². The molecule has 0 aliphatic heterocycles. The Bertz CT molecular complexity index is 709. The van der Waals surface area contributed by atoms with Crippen molar-refractivity contribution in [2.24, 2.45) is 0 Å². The van der Waals surface area contributed by atoms with Crippen LogP contribution in [0.4, 0.5) is 0 Å². The van der Waals surface area contributed by atoms with Crippen LogP contribution in [-0.2, 0) is 0 Å². The standard InChI is InChI=1S/C16H12Br2O3/c1-21-15-9-10(8-13(18)16(15)20)6-7-14(19)11-4-2-3-5-12(11)17/h2-9,20H,1H3/b7-6+. The summed E-state index contributed by atoms with van der Waals surface area (Å²) in [6.07, 6.45) is 3.16. The van der Waals surface area contributed by atoms with Crippen molar-refractivity contribution in [2.45, 2.75) is 0 Å². The zero-order valence-corrected chi connectivity index (χ0v) is 14.3. The van der Waals surface area contributed by atoms with Gasteiger partial charge >= 0.3 is 0 Å². The van der Waals surface area contributed by atoms with Crippen LogP contribution in [0.2, 0.25) is 0 Å². The summed E-state index contributed by atoms with van der Waals surface area (Å²) in [7, 11) is 1.47. The third-order valence-corrected chi connectivity index (χ3v) is 4.13. The fourth-order valence-electron chi connectivity index (χ4n) is 1.77. The van der Waals surface area contributed by atoms with Crippen LogP contribution in [0.3, 0.4) is 0 Å². The maximum atomic E-state index is 12.1. The highest BCUT2D eigenvalue weighted by molar-refractivity contribution is 9.10. The van der Waals surface area contributed by atoms with Crippen LogP contribution in [0, 0.1) is 0 Å². The molecule has 0 aromatic heterocycles. The van der Waals surface area contributed by atoms with Crippen LogP contribution in [0.15, 0.2) is 51.4 Å². The first-order valence-electron chi connectivity index (χ1n) is 6.06. The number of carbonyl (C=O) groups is 1. The van der Waals surface area contributed by atoms with Gasteiger partial charge in [0.05, 0.1) is 11.6 Å². The lowest BCUT2D eigenvalue weighted by Crippen LogP contribution is -1.95. The highest BCUT2D eigenvalue weighted by Crippen LogP contribution is 2.35. The van der Waals surface area contributed by atoms with Crippen LogP contribution in [0.5, 0.6) is 11.5 Å². The fourth-order valence-corrected chi connectivity index (χ4v) is 2.71. The topological polar surface area (TPSA) is 46.5 Å². The molecule has 1 N–H and O–H groups in total. The lowest BCUT2D eigenvalue weighted by Gasteiger charge is -2.06. The van der Waals surface area contributed by atoms with E-state index in [4.69, 9.17) is 4.74 Å². The van der Waals surface area contributed by atoms with Crippen molar-refractivity contribution in [2.75, 3.05) is 7.11 Å². The third kappa shape index (κ3) is 3.74. The van der Waals surface area contributed by atoms with Gasteiger partial charge in [0.25, 0.3) is 0 Å². The van der Waals surface area contributed by atoms with E-state index >= 15 is 0 Å². The SMILES string of the molecule is COc1cc(/C=C/C(=O)c2ccccc2Br)cc(Br)c1O. The molecule has 0 unspecified atom stereocenters. The average Bonchev–Trinajstić information content (AvgIpc) is 2.48. The molecule has 0 heterocycles. The maximum absolute atomic E-state index is 12.1. The lowest BCUT2D eigenvalue weighted by molar-refractivity contribution is 0.104. The monoisotopic (exact) mass is 410 g/mol. The molecule has 0 aliphatic rings. The van der Waals surface area contributed by atoms with Gasteiger partial charge < -0.3 is 9.84 Å². The average molecular weight is 412 g/mol. The Hall–Kier alpha value is -1.59. The van der Waals surface area contributed by atoms with E-state index in [1.54, 1.807) is 24.3 Å². The quantitative estimate of drug-likeness (QED) is 0.579. The summed E-state index contributed by atoms with van der Waals surface area (Å²) in [6.45, 7) is 0. The van der Waals surface area contributed by atoms with Crippen molar-refractivity contribution in [3.05, 3.63) is 62.5 Å². The van der Waals surface area contributed by atoms with E-state index < -0.39 is 0 Å². The van der Waals surface area contributed by atoms with Gasteiger partial charge in [-0.05, 0) is 51.8 Å². The Morgan fingerprint density at radius 3 is 2.57 bits per heavy atom. The number of allylic oxidation sites excluding steroid dienone is 1. The Morgan fingerprint density at radius 2 is 1.90 bits per heavy atom. The number of hydrogen-bond donors (Lipinski definition) is 1. The molecule has 0 saturated heterocycles. The van der Waals surface area contributed by atoms with Crippen LogP contribution >= 0.6 is 31.9 Å². The number of aromatic hydroxyl groups is 1. The number of carbonyl (C=O) groups excluding carboxylic acids is 1. The van der Waals surface area contributed by atoms with Crippen LogP contribution in [0.25, 0.3) is 6.08 Å². The molecular weight excluding hydrogens is 400 g/mol. The first-order valence-corrected chi connectivity index (χ1v) is 7.65. The summed E-state index contributed by atoms with van der Waals surface area (Å²) in [4.78, 5) is 12.1. The number of ketones is 1. The van der Waals surface area contributed by atoms with E-state index in [1.807, 2.05) is 18.2 Å². The minimum atomic E-state index is -0.106. The van der Waals surface area contributed by atoms with E-state index in [0.717, 1.165) is 10.0 Å². The maximum Gasteiger partial charge on any atom is 0.186 e. The number of hydrogen-bond acceptors (Lipinski definition) is 3. The number of ether oxygens (including phenoxy) is 1. The molecule has 0 bridgehead atoms. The van der Waals surface area contributed by atoms with Crippen LogP contribution in [0.1, 0.15) is 15.9 Å². The van der Waals surface area contributed by atoms with E-state index in [9.17, 15) is 9.90 Å². The van der Waals surface area contributed by atoms with Gasteiger partial charge in [0.15, 0.2) is 17.3 Å². The largest absolute Gasteiger partial charge is 0.503 e.